The van der Waals surface area contributed by atoms with Gasteiger partial charge in [-0.15, -0.1) is 0 Å². The molecule has 3 heteroatoms. The lowest BCUT2D eigenvalue weighted by atomic mass is 9.85. The van der Waals surface area contributed by atoms with Gasteiger partial charge in [-0.2, -0.15) is 0 Å². The van der Waals surface area contributed by atoms with Crippen molar-refractivity contribution in [2.75, 3.05) is 0 Å². The van der Waals surface area contributed by atoms with E-state index >= 15 is 0 Å². The Balaban J connectivity index is 2.17. The molecule has 11 heavy (non-hydrogen) atoms. The van der Waals surface area contributed by atoms with Gasteiger partial charge in [0.1, 0.15) is 0 Å². The summed E-state index contributed by atoms with van der Waals surface area (Å²) >= 11 is 0. The van der Waals surface area contributed by atoms with Crippen LogP contribution in [0.4, 0.5) is 0 Å². The SMILES string of the molecule is NC1C(C(=O)O)C2CC[C@@H]1C2. The summed E-state index contributed by atoms with van der Waals surface area (Å²) in [5.74, 6) is -0.0490. The zero-order chi connectivity index (χ0) is 8.01. The minimum absolute atomic E-state index is 0.0637. The van der Waals surface area contributed by atoms with Gasteiger partial charge in [-0.3, -0.25) is 4.79 Å². The molecule has 3 nitrogen and oxygen atoms in total. The summed E-state index contributed by atoms with van der Waals surface area (Å²) < 4.78 is 0. The van der Waals surface area contributed by atoms with Crippen molar-refractivity contribution in [3.63, 3.8) is 0 Å². The van der Waals surface area contributed by atoms with E-state index in [1.807, 2.05) is 0 Å². The lowest BCUT2D eigenvalue weighted by Gasteiger charge is -2.23. The van der Waals surface area contributed by atoms with Crippen molar-refractivity contribution in [2.45, 2.75) is 25.3 Å². The molecule has 2 aliphatic carbocycles. The zero-order valence-corrected chi connectivity index (χ0v) is 6.36. The van der Waals surface area contributed by atoms with Gasteiger partial charge in [0, 0.05) is 6.04 Å². The number of fused-ring (bicyclic) bond motifs is 2. The quantitative estimate of drug-likeness (QED) is 0.577. The van der Waals surface area contributed by atoms with Gasteiger partial charge < -0.3 is 10.8 Å². The Morgan fingerprint density at radius 2 is 2.00 bits per heavy atom. The third-order valence-electron chi connectivity index (χ3n) is 3.27. The Hall–Kier alpha value is -0.570. The monoisotopic (exact) mass is 155 g/mol. The fraction of sp³-hybridized carbons (Fsp3) is 0.875. The highest BCUT2D eigenvalue weighted by atomic mass is 16.4. The third kappa shape index (κ3) is 0.872. The Morgan fingerprint density at radius 1 is 1.36 bits per heavy atom. The number of hydrogen-bond donors (Lipinski definition) is 2. The van der Waals surface area contributed by atoms with Crippen LogP contribution in [0, 0.1) is 17.8 Å². The summed E-state index contributed by atoms with van der Waals surface area (Å²) in [4.78, 5) is 10.7. The molecule has 0 aromatic heterocycles. The van der Waals surface area contributed by atoms with Crippen LogP contribution in [0.3, 0.4) is 0 Å². The van der Waals surface area contributed by atoms with E-state index in [2.05, 4.69) is 0 Å². The molecule has 2 aliphatic rings. The van der Waals surface area contributed by atoms with Crippen molar-refractivity contribution >= 4 is 5.97 Å². The van der Waals surface area contributed by atoms with Gasteiger partial charge in [0.05, 0.1) is 5.92 Å². The van der Waals surface area contributed by atoms with Crippen molar-refractivity contribution in [1.29, 1.82) is 0 Å². The second-order valence-electron chi connectivity index (χ2n) is 3.77. The minimum Gasteiger partial charge on any atom is -0.481 e. The maximum Gasteiger partial charge on any atom is 0.308 e. The van der Waals surface area contributed by atoms with Crippen LogP contribution >= 0.6 is 0 Å². The standard InChI is InChI=1S/C8H13NO2/c9-7-5-2-1-4(3-5)6(7)8(10)11/h4-7H,1-3,9H2,(H,10,11)/t4?,5-,6?,7?/m1/s1. The number of carboxylic acids is 1. The predicted octanol–water partition coefficient (Wildman–Crippen LogP) is 0.444. The molecule has 4 atom stereocenters. The molecular weight excluding hydrogens is 142 g/mol. The number of hydrogen-bond acceptors (Lipinski definition) is 2. The van der Waals surface area contributed by atoms with E-state index < -0.39 is 5.97 Å². The minimum atomic E-state index is -0.690. The highest BCUT2D eigenvalue weighted by Gasteiger charge is 2.49. The Labute approximate surface area is 65.6 Å². The molecule has 2 rings (SSSR count). The molecule has 2 saturated carbocycles. The first-order valence-corrected chi connectivity index (χ1v) is 4.18. The molecule has 3 N–H and O–H groups in total. The Morgan fingerprint density at radius 3 is 2.36 bits per heavy atom. The van der Waals surface area contributed by atoms with Gasteiger partial charge in [-0.1, -0.05) is 0 Å². The molecule has 2 fully saturated rings. The van der Waals surface area contributed by atoms with Gasteiger partial charge >= 0.3 is 5.97 Å². The Bertz CT molecular complexity index is 191. The second-order valence-corrected chi connectivity index (χ2v) is 3.77. The van der Waals surface area contributed by atoms with E-state index in [1.165, 1.54) is 0 Å². The fourth-order valence-electron chi connectivity index (χ4n) is 2.70. The normalized spacial score (nSPS) is 48.1. The lowest BCUT2D eigenvalue weighted by Crippen LogP contribution is -2.40. The van der Waals surface area contributed by atoms with Crippen molar-refractivity contribution < 1.29 is 9.90 Å². The molecule has 3 unspecified atom stereocenters. The molecule has 0 heterocycles. The largest absolute Gasteiger partial charge is 0.481 e. The molecule has 0 amide bonds. The number of aliphatic carboxylic acids is 1. The average Bonchev–Trinajstić information content (AvgIpc) is 2.44. The lowest BCUT2D eigenvalue weighted by molar-refractivity contribution is -0.144. The number of carbonyl (C=O) groups is 1. The molecule has 2 bridgehead atoms. The summed E-state index contributed by atoms with van der Waals surface area (Å²) in [6, 6.07) is -0.0637. The summed E-state index contributed by atoms with van der Waals surface area (Å²) in [7, 11) is 0. The van der Waals surface area contributed by atoms with Crippen LogP contribution in [0.2, 0.25) is 0 Å². The van der Waals surface area contributed by atoms with Crippen molar-refractivity contribution in [3.05, 3.63) is 0 Å². The molecule has 0 aromatic rings. The third-order valence-corrected chi connectivity index (χ3v) is 3.27. The number of carboxylic acid groups (broad SMARTS) is 1. The molecule has 0 saturated heterocycles. The summed E-state index contributed by atoms with van der Waals surface area (Å²) in [5, 5.41) is 8.83. The maximum atomic E-state index is 10.7. The molecule has 62 valence electrons. The van der Waals surface area contributed by atoms with Crippen LogP contribution in [0.1, 0.15) is 19.3 Å². The van der Waals surface area contributed by atoms with Crippen LogP contribution in [-0.2, 0) is 4.79 Å². The fourth-order valence-corrected chi connectivity index (χ4v) is 2.70. The average molecular weight is 155 g/mol. The molecule has 0 radical (unpaired) electrons. The smallest absolute Gasteiger partial charge is 0.308 e. The topological polar surface area (TPSA) is 63.3 Å². The van der Waals surface area contributed by atoms with Crippen molar-refractivity contribution in [2.24, 2.45) is 23.5 Å². The number of nitrogens with two attached hydrogens (primary N) is 1. The van der Waals surface area contributed by atoms with Crippen molar-refractivity contribution in [1.82, 2.24) is 0 Å². The van der Waals surface area contributed by atoms with Gasteiger partial charge in [-0.25, -0.2) is 0 Å². The zero-order valence-electron chi connectivity index (χ0n) is 6.36. The van der Waals surface area contributed by atoms with E-state index in [4.69, 9.17) is 10.8 Å². The summed E-state index contributed by atoms with van der Waals surface area (Å²) in [5.41, 5.74) is 5.78. The first-order chi connectivity index (χ1) is 5.20. The molecule has 0 spiro atoms. The van der Waals surface area contributed by atoms with Gasteiger partial charge in [0.25, 0.3) is 0 Å². The maximum absolute atomic E-state index is 10.7. The van der Waals surface area contributed by atoms with Crippen LogP contribution in [0.15, 0.2) is 0 Å². The molecule has 0 aromatic carbocycles. The van der Waals surface area contributed by atoms with E-state index in [9.17, 15) is 4.79 Å². The molecular formula is C8H13NO2. The molecule has 0 aliphatic heterocycles. The van der Waals surface area contributed by atoms with Crippen LogP contribution in [0.25, 0.3) is 0 Å². The highest BCUT2D eigenvalue weighted by Crippen LogP contribution is 2.47. The predicted molar refractivity (Wildman–Crippen MR) is 39.9 cm³/mol. The Kier molecular flexibility index (Phi) is 1.42. The van der Waals surface area contributed by atoms with Crippen molar-refractivity contribution in [3.8, 4) is 0 Å². The number of rotatable bonds is 1. The summed E-state index contributed by atoms with van der Waals surface area (Å²) in [6.45, 7) is 0. The van der Waals surface area contributed by atoms with Gasteiger partial charge in [0.2, 0.25) is 0 Å². The van der Waals surface area contributed by atoms with E-state index in [0.29, 0.717) is 11.8 Å². The first kappa shape index (κ1) is 7.10. The van der Waals surface area contributed by atoms with Gasteiger partial charge in [-0.05, 0) is 31.1 Å². The highest BCUT2D eigenvalue weighted by molar-refractivity contribution is 5.72. The van der Waals surface area contributed by atoms with E-state index in [-0.39, 0.29) is 12.0 Å². The summed E-state index contributed by atoms with van der Waals surface area (Å²) in [6.07, 6.45) is 3.28. The van der Waals surface area contributed by atoms with E-state index in [1.54, 1.807) is 0 Å². The van der Waals surface area contributed by atoms with Crippen LogP contribution in [-0.4, -0.2) is 17.1 Å². The van der Waals surface area contributed by atoms with E-state index in [0.717, 1.165) is 19.3 Å². The second kappa shape index (κ2) is 2.21. The van der Waals surface area contributed by atoms with Crippen LogP contribution < -0.4 is 5.73 Å². The van der Waals surface area contributed by atoms with Gasteiger partial charge in [0.15, 0.2) is 0 Å². The first-order valence-electron chi connectivity index (χ1n) is 4.18. The van der Waals surface area contributed by atoms with Crippen LogP contribution in [0.5, 0.6) is 0 Å².